The number of nitriles is 1. The summed E-state index contributed by atoms with van der Waals surface area (Å²) in [6.07, 6.45) is 8.95. The Hall–Kier alpha value is -3.92. The number of carbonyl (C=O) groups is 1. The van der Waals surface area contributed by atoms with Crippen LogP contribution in [0.3, 0.4) is 0 Å². The maximum atomic E-state index is 12.2. The van der Waals surface area contributed by atoms with Crippen molar-refractivity contribution >= 4 is 22.8 Å². The van der Waals surface area contributed by atoms with E-state index in [1.54, 1.807) is 12.3 Å². The first kappa shape index (κ1) is 23.2. The molecule has 0 aliphatic carbocycles. The third-order valence-electron chi connectivity index (χ3n) is 5.90. The number of hydrogen-bond acceptors (Lipinski definition) is 4. The second-order valence-corrected chi connectivity index (χ2v) is 8.48. The summed E-state index contributed by atoms with van der Waals surface area (Å²) < 4.78 is 4.07. The summed E-state index contributed by atoms with van der Waals surface area (Å²) in [5.41, 5.74) is 4.99. The number of nitrogens with one attached hydrogen (secondary N) is 1. The number of aromatic nitrogens is 4. The Balaban J connectivity index is 1.63. The van der Waals surface area contributed by atoms with Crippen LogP contribution in [0.15, 0.2) is 54.9 Å². The number of hydrogen-bond donors (Lipinski definition) is 1. The molecule has 0 saturated heterocycles. The Labute approximate surface area is 200 Å². The van der Waals surface area contributed by atoms with Gasteiger partial charge in [-0.05, 0) is 48.7 Å². The van der Waals surface area contributed by atoms with Crippen molar-refractivity contribution in [3.05, 3.63) is 71.9 Å². The first-order valence-corrected chi connectivity index (χ1v) is 11.9. The summed E-state index contributed by atoms with van der Waals surface area (Å²) in [6, 6.07) is 16.1. The van der Waals surface area contributed by atoms with E-state index in [1.807, 2.05) is 35.0 Å². The second kappa shape index (κ2) is 10.8. The van der Waals surface area contributed by atoms with Crippen LogP contribution in [-0.4, -0.2) is 25.0 Å². The van der Waals surface area contributed by atoms with Crippen molar-refractivity contribution in [1.82, 2.24) is 19.1 Å². The van der Waals surface area contributed by atoms with Gasteiger partial charge < -0.3 is 14.5 Å². The first-order chi connectivity index (χ1) is 16.6. The zero-order valence-electron chi connectivity index (χ0n) is 19.8. The molecule has 1 aromatic carbocycles. The molecule has 7 heteroatoms. The molecule has 0 bridgehead atoms. The van der Waals surface area contributed by atoms with Gasteiger partial charge >= 0.3 is 0 Å². The van der Waals surface area contributed by atoms with Gasteiger partial charge in [0, 0.05) is 31.3 Å². The predicted octanol–water partition coefficient (Wildman–Crippen LogP) is 5.61. The minimum atomic E-state index is 0.0117. The Bertz CT molecular complexity index is 1310. The van der Waals surface area contributed by atoms with Crippen LogP contribution in [0.5, 0.6) is 0 Å². The summed E-state index contributed by atoms with van der Waals surface area (Å²) in [7, 11) is 0. The Morgan fingerprint density at radius 2 is 1.91 bits per heavy atom. The number of imidazole rings is 1. The van der Waals surface area contributed by atoms with Gasteiger partial charge in [0.05, 0.1) is 17.4 Å². The number of rotatable bonds is 10. The van der Waals surface area contributed by atoms with E-state index in [0.717, 1.165) is 54.7 Å². The van der Waals surface area contributed by atoms with E-state index in [-0.39, 0.29) is 5.91 Å². The lowest BCUT2D eigenvalue weighted by molar-refractivity contribution is -0.116. The van der Waals surface area contributed by atoms with E-state index in [1.165, 1.54) is 0 Å². The van der Waals surface area contributed by atoms with Gasteiger partial charge in [-0.25, -0.2) is 9.97 Å². The molecule has 3 heterocycles. The first-order valence-electron chi connectivity index (χ1n) is 11.9. The quantitative estimate of drug-likeness (QED) is 0.337. The van der Waals surface area contributed by atoms with Crippen molar-refractivity contribution < 1.29 is 4.79 Å². The van der Waals surface area contributed by atoms with E-state index in [2.05, 4.69) is 46.9 Å². The molecule has 174 valence electrons. The van der Waals surface area contributed by atoms with Crippen LogP contribution in [0.25, 0.3) is 16.9 Å². The highest BCUT2D eigenvalue weighted by atomic mass is 16.1. The van der Waals surface area contributed by atoms with E-state index in [0.29, 0.717) is 30.0 Å². The van der Waals surface area contributed by atoms with Crippen molar-refractivity contribution in [1.29, 1.82) is 5.26 Å². The number of pyridine rings is 1. The van der Waals surface area contributed by atoms with Crippen molar-refractivity contribution in [3.63, 3.8) is 0 Å². The highest BCUT2D eigenvalue weighted by Gasteiger charge is 2.14. The Morgan fingerprint density at radius 1 is 1.12 bits per heavy atom. The van der Waals surface area contributed by atoms with Gasteiger partial charge in [-0.2, -0.15) is 5.26 Å². The molecule has 4 rings (SSSR count). The molecular weight excluding hydrogens is 424 g/mol. The molecule has 1 N–H and O–H groups in total. The van der Waals surface area contributed by atoms with Gasteiger partial charge in [0.25, 0.3) is 0 Å². The lowest BCUT2D eigenvalue weighted by Gasteiger charge is -2.11. The summed E-state index contributed by atoms with van der Waals surface area (Å²) in [6.45, 7) is 4.90. The second-order valence-electron chi connectivity index (χ2n) is 8.48. The summed E-state index contributed by atoms with van der Waals surface area (Å²) in [5.74, 6) is 1.01. The molecule has 3 aromatic heterocycles. The average Bonchev–Trinajstić information content (AvgIpc) is 3.46. The molecule has 0 aliphatic rings. The van der Waals surface area contributed by atoms with Crippen LogP contribution >= 0.6 is 0 Å². The summed E-state index contributed by atoms with van der Waals surface area (Å²) in [4.78, 5) is 21.5. The lowest BCUT2D eigenvalue weighted by atomic mass is 10.2. The number of unbranched alkanes of at least 4 members (excludes halogenated alkanes) is 2. The number of aryl methyl sites for hydroxylation is 1. The molecular formula is C27H30N6O. The smallest absolute Gasteiger partial charge is 0.224 e. The van der Waals surface area contributed by atoms with Crippen LogP contribution in [0, 0.1) is 11.3 Å². The Kier molecular flexibility index (Phi) is 7.38. The maximum Gasteiger partial charge on any atom is 0.224 e. The molecule has 0 atom stereocenters. The molecule has 4 aromatic rings. The fourth-order valence-electron chi connectivity index (χ4n) is 4.03. The molecule has 0 unspecified atom stereocenters. The van der Waals surface area contributed by atoms with Crippen LogP contribution in [0.4, 0.5) is 5.69 Å². The molecule has 1 amide bonds. The topological polar surface area (TPSA) is 88.5 Å². The number of amides is 1. The number of fused-ring (bicyclic) bond motifs is 1. The van der Waals surface area contributed by atoms with Crippen LogP contribution < -0.4 is 5.32 Å². The minimum Gasteiger partial charge on any atom is -0.325 e. The fourth-order valence-corrected chi connectivity index (χ4v) is 4.03. The standard InChI is InChI=1S/C27H30N6O/c1-3-5-9-25-31-27-24(16-21(18-29-27)30-26(34)10-6-4-2)33(25)19-20-11-13-22(14-12-20)32-15-7-8-23(32)17-28/h7-8,11-16,18H,3-6,9-10,19H2,1-2H3,(H,30,34). The van der Waals surface area contributed by atoms with Crippen LogP contribution in [0.2, 0.25) is 0 Å². The van der Waals surface area contributed by atoms with Gasteiger partial charge in [0.2, 0.25) is 5.91 Å². The SMILES string of the molecule is CCCCC(=O)Nc1cnc2nc(CCCC)n(Cc3ccc(-n4cccc4C#N)cc3)c2c1. The highest BCUT2D eigenvalue weighted by Crippen LogP contribution is 2.22. The zero-order valence-corrected chi connectivity index (χ0v) is 19.8. The van der Waals surface area contributed by atoms with E-state index in [9.17, 15) is 10.1 Å². The van der Waals surface area contributed by atoms with Crippen molar-refractivity contribution in [2.75, 3.05) is 5.32 Å². The molecule has 0 spiro atoms. The van der Waals surface area contributed by atoms with Gasteiger partial charge in [0.1, 0.15) is 17.6 Å². The van der Waals surface area contributed by atoms with Gasteiger partial charge in [-0.15, -0.1) is 0 Å². The highest BCUT2D eigenvalue weighted by molar-refractivity contribution is 5.92. The van der Waals surface area contributed by atoms with Crippen molar-refractivity contribution in [3.8, 4) is 11.8 Å². The Morgan fingerprint density at radius 3 is 2.65 bits per heavy atom. The molecule has 0 saturated carbocycles. The van der Waals surface area contributed by atoms with E-state index in [4.69, 9.17) is 4.98 Å². The van der Waals surface area contributed by atoms with E-state index >= 15 is 0 Å². The number of benzene rings is 1. The monoisotopic (exact) mass is 454 g/mol. The molecule has 34 heavy (non-hydrogen) atoms. The minimum absolute atomic E-state index is 0.0117. The van der Waals surface area contributed by atoms with Gasteiger partial charge in [-0.1, -0.05) is 38.8 Å². The largest absolute Gasteiger partial charge is 0.325 e. The number of anilines is 1. The molecule has 7 nitrogen and oxygen atoms in total. The third-order valence-corrected chi connectivity index (χ3v) is 5.90. The van der Waals surface area contributed by atoms with Gasteiger partial charge in [0.15, 0.2) is 5.65 Å². The fraction of sp³-hybridized carbons (Fsp3) is 0.333. The molecule has 0 aliphatic heterocycles. The van der Waals surface area contributed by atoms with E-state index < -0.39 is 0 Å². The van der Waals surface area contributed by atoms with Crippen LogP contribution in [0.1, 0.15) is 63.0 Å². The molecule has 0 fully saturated rings. The molecule has 0 radical (unpaired) electrons. The van der Waals surface area contributed by atoms with Crippen LogP contribution in [-0.2, 0) is 17.8 Å². The number of nitrogens with zero attached hydrogens (tertiary/aromatic N) is 5. The summed E-state index contributed by atoms with van der Waals surface area (Å²) in [5, 5.41) is 12.3. The summed E-state index contributed by atoms with van der Waals surface area (Å²) >= 11 is 0. The lowest BCUT2D eigenvalue weighted by Crippen LogP contribution is -2.11. The predicted molar refractivity (Wildman–Crippen MR) is 134 cm³/mol. The third kappa shape index (κ3) is 5.18. The zero-order chi connectivity index (χ0) is 23.9. The van der Waals surface area contributed by atoms with Crippen molar-refractivity contribution in [2.45, 2.75) is 58.9 Å². The van der Waals surface area contributed by atoms with Crippen molar-refractivity contribution in [2.24, 2.45) is 0 Å². The average molecular weight is 455 g/mol. The normalized spacial score (nSPS) is 11.0. The van der Waals surface area contributed by atoms with Gasteiger partial charge in [-0.3, -0.25) is 4.79 Å². The maximum absolute atomic E-state index is 12.2. The number of carbonyl (C=O) groups excluding carboxylic acids is 1.